The Kier molecular flexibility index (Phi) is 7.57. The summed E-state index contributed by atoms with van der Waals surface area (Å²) < 4.78 is 9.02. The van der Waals surface area contributed by atoms with Crippen molar-refractivity contribution >= 4 is 53.6 Å². The molecule has 0 aliphatic heterocycles. The van der Waals surface area contributed by atoms with E-state index < -0.39 is 0 Å². The van der Waals surface area contributed by atoms with Crippen LogP contribution in [0, 0.1) is 0 Å². The van der Waals surface area contributed by atoms with Crippen LogP contribution in [0.5, 0.6) is 0 Å². The van der Waals surface area contributed by atoms with Crippen molar-refractivity contribution in [3.05, 3.63) is 176 Å². The zero-order chi connectivity index (χ0) is 37.0. The molecule has 0 spiro atoms. The van der Waals surface area contributed by atoms with Gasteiger partial charge in [0, 0.05) is 43.1 Å². The van der Waals surface area contributed by atoms with E-state index in [0.717, 1.165) is 82.2 Å². The molecule has 262 valence electrons. The second-order valence-corrected chi connectivity index (χ2v) is 14.7. The van der Waals surface area contributed by atoms with Gasteiger partial charge in [-0.05, 0) is 35.4 Å². The molecule has 56 heavy (non-hydrogen) atoms. The van der Waals surface area contributed by atoms with E-state index in [1.807, 2.05) is 78.9 Å². The van der Waals surface area contributed by atoms with Gasteiger partial charge in [-0.2, -0.15) is 0 Å². The summed E-state index contributed by atoms with van der Waals surface area (Å²) in [6, 6.07) is 59.9. The van der Waals surface area contributed by atoms with Crippen LogP contribution < -0.4 is 0 Å². The van der Waals surface area contributed by atoms with Gasteiger partial charge in [-0.1, -0.05) is 152 Å². The molecular weight excluding hydrogens is 707 g/mol. The standard InChI is InChI=1S/C49H29N5OS/c1-4-13-30(14-5-1)31-23-25-34(26-24-31)47-52-46(33-17-8-3-9-18-33)53-48(54-47)35-27-28-36-37-20-12-21-39(44(37)55-40(36)29-35)49-50-42(32-15-6-2-7-16-32)45-43(51-49)38-19-10-11-22-41(38)56-45/h1-29H. The number of aromatic nitrogens is 5. The molecule has 0 saturated carbocycles. The van der Waals surface area contributed by atoms with Crippen LogP contribution in [-0.2, 0) is 0 Å². The van der Waals surface area contributed by atoms with E-state index in [9.17, 15) is 0 Å². The normalized spacial score (nSPS) is 11.6. The molecular formula is C49H29N5OS. The second kappa shape index (κ2) is 13.2. The number of rotatable bonds is 6. The van der Waals surface area contributed by atoms with Crippen LogP contribution in [0.25, 0.3) is 110 Å². The molecule has 0 aliphatic rings. The van der Waals surface area contributed by atoms with E-state index in [2.05, 4.69) is 97.1 Å². The lowest BCUT2D eigenvalue weighted by Crippen LogP contribution is -2.00. The molecule has 0 atom stereocenters. The van der Waals surface area contributed by atoms with Gasteiger partial charge in [-0.3, -0.25) is 0 Å². The smallest absolute Gasteiger partial charge is 0.164 e. The summed E-state index contributed by atoms with van der Waals surface area (Å²) >= 11 is 1.73. The quantitative estimate of drug-likeness (QED) is 0.169. The van der Waals surface area contributed by atoms with Crippen molar-refractivity contribution in [1.82, 2.24) is 24.9 Å². The van der Waals surface area contributed by atoms with E-state index in [-0.39, 0.29) is 0 Å². The third-order valence-corrected chi connectivity index (χ3v) is 11.3. The zero-order valence-corrected chi connectivity index (χ0v) is 30.6. The van der Waals surface area contributed by atoms with Gasteiger partial charge >= 0.3 is 0 Å². The minimum atomic E-state index is 0.564. The SMILES string of the molecule is c1ccc(-c2ccc(-c3nc(-c4ccccc4)nc(-c4ccc5c(c4)oc4c(-c6nc(-c7ccccc7)c7sc8ccccc8c7n6)cccc45)n3)cc2)cc1. The minimum Gasteiger partial charge on any atom is -0.455 e. The molecule has 0 amide bonds. The Morgan fingerprint density at radius 2 is 0.929 bits per heavy atom. The molecule has 11 aromatic rings. The van der Waals surface area contributed by atoms with Gasteiger partial charge in [-0.25, -0.2) is 24.9 Å². The minimum absolute atomic E-state index is 0.564. The van der Waals surface area contributed by atoms with Crippen molar-refractivity contribution in [2.75, 3.05) is 0 Å². The van der Waals surface area contributed by atoms with Crippen molar-refractivity contribution in [3.8, 4) is 67.9 Å². The lowest BCUT2D eigenvalue weighted by molar-refractivity contribution is 0.669. The van der Waals surface area contributed by atoms with Gasteiger partial charge in [0.25, 0.3) is 0 Å². The fourth-order valence-corrected chi connectivity index (χ4v) is 8.56. The summed E-state index contributed by atoms with van der Waals surface area (Å²) in [5, 5.41) is 3.10. The Morgan fingerprint density at radius 1 is 0.375 bits per heavy atom. The first-order chi connectivity index (χ1) is 27.7. The number of benzene rings is 7. The number of para-hydroxylation sites is 1. The molecule has 0 saturated heterocycles. The zero-order valence-electron chi connectivity index (χ0n) is 29.8. The molecule has 7 heteroatoms. The maximum atomic E-state index is 6.76. The van der Waals surface area contributed by atoms with Crippen LogP contribution in [0.3, 0.4) is 0 Å². The Morgan fingerprint density at radius 3 is 1.66 bits per heavy atom. The van der Waals surface area contributed by atoms with Gasteiger partial charge in [0.05, 0.1) is 21.5 Å². The number of furan rings is 1. The molecule has 0 unspecified atom stereocenters. The largest absolute Gasteiger partial charge is 0.455 e. The maximum Gasteiger partial charge on any atom is 0.164 e. The summed E-state index contributed by atoms with van der Waals surface area (Å²) in [6.45, 7) is 0. The number of nitrogens with zero attached hydrogens (tertiary/aromatic N) is 5. The Bertz CT molecular complexity index is 3230. The van der Waals surface area contributed by atoms with Gasteiger partial charge in [0.15, 0.2) is 23.3 Å². The third-order valence-electron chi connectivity index (χ3n) is 10.2. The number of hydrogen-bond acceptors (Lipinski definition) is 7. The van der Waals surface area contributed by atoms with Crippen molar-refractivity contribution in [2.24, 2.45) is 0 Å². The van der Waals surface area contributed by atoms with Crippen molar-refractivity contribution in [2.45, 2.75) is 0 Å². The summed E-state index contributed by atoms with van der Waals surface area (Å²) in [7, 11) is 0. The second-order valence-electron chi connectivity index (χ2n) is 13.6. The maximum absolute atomic E-state index is 6.76. The number of hydrogen-bond donors (Lipinski definition) is 0. The van der Waals surface area contributed by atoms with E-state index in [1.54, 1.807) is 11.3 Å². The highest BCUT2D eigenvalue weighted by Crippen LogP contribution is 2.42. The van der Waals surface area contributed by atoms with Gasteiger partial charge in [-0.15, -0.1) is 11.3 Å². The fraction of sp³-hybridized carbons (Fsp3) is 0. The highest BCUT2D eigenvalue weighted by molar-refractivity contribution is 7.26. The monoisotopic (exact) mass is 735 g/mol. The molecule has 6 nitrogen and oxygen atoms in total. The van der Waals surface area contributed by atoms with Gasteiger partial charge < -0.3 is 4.42 Å². The summed E-state index contributed by atoms with van der Waals surface area (Å²) in [4.78, 5) is 25.4. The first-order valence-corrected chi connectivity index (χ1v) is 19.2. The molecule has 0 N–H and O–H groups in total. The van der Waals surface area contributed by atoms with Crippen LogP contribution in [0.4, 0.5) is 0 Å². The van der Waals surface area contributed by atoms with Crippen LogP contribution in [-0.4, -0.2) is 24.9 Å². The third kappa shape index (κ3) is 5.52. The molecule has 4 aromatic heterocycles. The molecule has 11 rings (SSSR count). The van der Waals surface area contributed by atoms with Gasteiger partial charge in [0.1, 0.15) is 11.2 Å². The number of thiophene rings is 1. The number of fused-ring (bicyclic) bond motifs is 6. The lowest BCUT2D eigenvalue weighted by Gasteiger charge is -2.09. The molecule has 0 bridgehead atoms. The van der Waals surface area contributed by atoms with Crippen LogP contribution >= 0.6 is 11.3 Å². The highest BCUT2D eigenvalue weighted by atomic mass is 32.1. The van der Waals surface area contributed by atoms with Crippen LogP contribution in [0.15, 0.2) is 180 Å². The van der Waals surface area contributed by atoms with Gasteiger partial charge in [0.2, 0.25) is 0 Å². The molecule has 4 heterocycles. The summed E-state index contributed by atoms with van der Waals surface area (Å²) in [5.41, 5.74) is 10.1. The summed E-state index contributed by atoms with van der Waals surface area (Å²) in [5.74, 6) is 2.39. The Balaban J connectivity index is 1.05. The fourth-order valence-electron chi connectivity index (χ4n) is 7.41. The Hall–Kier alpha value is -7.35. The highest BCUT2D eigenvalue weighted by Gasteiger charge is 2.21. The molecule has 0 aliphatic carbocycles. The Labute approximate surface area is 325 Å². The van der Waals surface area contributed by atoms with Crippen LogP contribution in [0.2, 0.25) is 0 Å². The molecule has 0 radical (unpaired) electrons. The van der Waals surface area contributed by atoms with E-state index in [4.69, 9.17) is 29.3 Å². The first kappa shape index (κ1) is 32.1. The van der Waals surface area contributed by atoms with Crippen molar-refractivity contribution < 1.29 is 4.42 Å². The van der Waals surface area contributed by atoms with Crippen LogP contribution in [0.1, 0.15) is 0 Å². The first-order valence-electron chi connectivity index (χ1n) is 18.4. The average Bonchev–Trinajstić information content (AvgIpc) is 3.85. The van der Waals surface area contributed by atoms with Crippen molar-refractivity contribution in [3.63, 3.8) is 0 Å². The van der Waals surface area contributed by atoms with Crippen molar-refractivity contribution in [1.29, 1.82) is 0 Å². The van der Waals surface area contributed by atoms with E-state index >= 15 is 0 Å². The van der Waals surface area contributed by atoms with E-state index in [1.165, 1.54) is 4.70 Å². The van der Waals surface area contributed by atoms with E-state index in [0.29, 0.717) is 23.3 Å². The lowest BCUT2D eigenvalue weighted by atomic mass is 10.0. The molecule has 0 fully saturated rings. The topological polar surface area (TPSA) is 77.6 Å². The average molecular weight is 736 g/mol. The summed E-state index contributed by atoms with van der Waals surface area (Å²) in [6.07, 6.45) is 0. The predicted molar refractivity (Wildman–Crippen MR) is 228 cm³/mol. The predicted octanol–water partition coefficient (Wildman–Crippen LogP) is 12.9. The molecule has 7 aromatic carbocycles.